The highest BCUT2D eigenvalue weighted by molar-refractivity contribution is 8.93. The van der Waals surface area contributed by atoms with Gasteiger partial charge in [0.2, 0.25) is 0 Å². The minimum atomic E-state index is -1.19. The molecule has 0 aliphatic carbocycles. The van der Waals surface area contributed by atoms with E-state index in [0.29, 0.717) is 0 Å². The summed E-state index contributed by atoms with van der Waals surface area (Å²) in [4.78, 5) is 10.4. The molecule has 0 aliphatic heterocycles. The quantitative estimate of drug-likeness (QED) is 0.590. The van der Waals surface area contributed by atoms with Crippen LogP contribution in [0.2, 0.25) is 0 Å². The fraction of sp³-hybridized carbons (Fsp3) is 0.125. The molecule has 0 aliphatic rings. The zero-order chi connectivity index (χ0) is 10.0. The van der Waals surface area contributed by atoms with Crippen LogP contribution in [0, 0.1) is 0 Å². The van der Waals surface area contributed by atoms with Crippen molar-refractivity contribution in [1.29, 1.82) is 0 Å². The molecule has 78 valence electrons. The number of hydrogen-bond acceptors (Lipinski definition) is 4. The third kappa shape index (κ3) is 2.61. The number of phenolic OH excluding ortho intramolecular Hbond substituents is 2. The van der Waals surface area contributed by atoms with E-state index < -0.39 is 12.0 Å². The van der Waals surface area contributed by atoms with Gasteiger partial charge >= 0.3 is 5.97 Å². The molecular formula is C8H10BrNO4. The van der Waals surface area contributed by atoms with E-state index in [0.717, 1.165) is 6.07 Å². The van der Waals surface area contributed by atoms with Crippen molar-refractivity contribution >= 4 is 23.0 Å². The van der Waals surface area contributed by atoms with Crippen molar-refractivity contribution in [3.05, 3.63) is 23.8 Å². The summed E-state index contributed by atoms with van der Waals surface area (Å²) in [6.07, 6.45) is 0. The van der Waals surface area contributed by atoms with Gasteiger partial charge in [0.1, 0.15) is 6.04 Å². The third-order valence-corrected chi connectivity index (χ3v) is 1.62. The number of carboxylic acid groups (broad SMARTS) is 1. The molecule has 14 heavy (non-hydrogen) atoms. The molecule has 0 bridgehead atoms. The van der Waals surface area contributed by atoms with E-state index in [2.05, 4.69) is 0 Å². The Labute approximate surface area is 90.6 Å². The smallest absolute Gasteiger partial charge is 0.325 e. The first-order valence-electron chi connectivity index (χ1n) is 3.52. The summed E-state index contributed by atoms with van der Waals surface area (Å²) < 4.78 is 0. The van der Waals surface area contributed by atoms with Crippen LogP contribution in [-0.2, 0) is 4.79 Å². The van der Waals surface area contributed by atoms with E-state index in [4.69, 9.17) is 21.1 Å². The average Bonchev–Trinajstić information content (AvgIpc) is 2.08. The van der Waals surface area contributed by atoms with Crippen LogP contribution in [-0.4, -0.2) is 21.3 Å². The highest BCUT2D eigenvalue weighted by Gasteiger charge is 2.15. The first-order valence-corrected chi connectivity index (χ1v) is 3.52. The van der Waals surface area contributed by atoms with E-state index in [-0.39, 0.29) is 34.0 Å². The number of halogens is 1. The molecule has 0 saturated carbocycles. The lowest BCUT2D eigenvalue weighted by Gasteiger charge is -2.07. The van der Waals surface area contributed by atoms with Crippen molar-refractivity contribution in [3.8, 4) is 11.5 Å². The zero-order valence-electron chi connectivity index (χ0n) is 7.04. The lowest BCUT2D eigenvalue weighted by Crippen LogP contribution is -2.20. The Morgan fingerprint density at radius 1 is 1.29 bits per heavy atom. The number of aromatic hydroxyl groups is 2. The molecule has 1 atom stereocenters. The molecule has 5 N–H and O–H groups in total. The normalized spacial score (nSPS) is 11.5. The zero-order valence-corrected chi connectivity index (χ0v) is 8.76. The van der Waals surface area contributed by atoms with Crippen LogP contribution >= 0.6 is 17.0 Å². The maximum Gasteiger partial charge on any atom is 0.325 e. The van der Waals surface area contributed by atoms with E-state index >= 15 is 0 Å². The molecule has 5 nitrogen and oxygen atoms in total. The molecule has 0 aromatic heterocycles. The van der Waals surface area contributed by atoms with Gasteiger partial charge < -0.3 is 21.1 Å². The van der Waals surface area contributed by atoms with Gasteiger partial charge in [-0.05, 0) is 17.7 Å². The molecule has 1 unspecified atom stereocenters. The molecule has 6 heteroatoms. The highest BCUT2D eigenvalue weighted by atomic mass is 79.9. The number of rotatable bonds is 2. The molecule has 1 rings (SSSR count). The summed E-state index contributed by atoms with van der Waals surface area (Å²) in [7, 11) is 0. The Morgan fingerprint density at radius 2 is 1.86 bits per heavy atom. The van der Waals surface area contributed by atoms with E-state index in [9.17, 15) is 4.79 Å². The second-order valence-corrected chi connectivity index (χ2v) is 2.56. The van der Waals surface area contributed by atoms with Gasteiger partial charge in [-0.3, -0.25) is 4.79 Å². The molecule has 0 saturated heterocycles. The summed E-state index contributed by atoms with van der Waals surface area (Å²) >= 11 is 0. The summed E-state index contributed by atoms with van der Waals surface area (Å²) in [5.74, 6) is -1.87. The summed E-state index contributed by atoms with van der Waals surface area (Å²) in [6.45, 7) is 0. The van der Waals surface area contributed by atoms with Crippen molar-refractivity contribution in [2.24, 2.45) is 5.73 Å². The maximum absolute atomic E-state index is 10.4. The summed E-state index contributed by atoms with van der Waals surface area (Å²) in [5.41, 5.74) is 5.50. The molecule has 0 amide bonds. The van der Waals surface area contributed by atoms with Crippen LogP contribution < -0.4 is 5.73 Å². The minimum Gasteiger partial charge on any atom is -0.504 e. The second kappa shape index (κ2) is 4.83. The van der Waals surface area contributed by atoms with Crippen LogP contribution in [0.3, 0.4) is 0 Å². The number of benzene rings is 1. The first kappa shape index (κ1) is 12.7. The molecule has 1 aromatic carbocycles. The molecule has 0 spiro atoms. The van der Waals surface area contributed by atoms with Crippen molar-refractivity contribution in [2.45, 2.75) is 6.04 Å². The standard InChI is InChI=1S/C8H9NO4.BrH/c9-7(8(12)13)4-1-2-5(10)6(11)3-4;/h1-3,7,10-11H,9H2,(H,12,13);1H. The molecular weight excluding hydrogens is 254 g/mol. The Hall–Kier alpha value is -1.27. The summed E-state index contributed by atoms with van der Waals surface area (Å²) in [6, 6.07) is 2.46. The number of carbonyl (C=O) groups is 1. The molecule has 1 aromatic rings. The van der Waals surface area contributed by atoms with Gasteiger partial charge in [0.15, 0.2) is 11.5 Å². The molecule has 0 radical (unpaired) electrons. The Bertz CT molecular complexity index is 342. The summed E-state index contributed by atoms with van der Waals surface area (Å²) in [5, 5.41) is 26.5. The van der Waals surface area contributed by atoms with Gasteiger partial charge in [-0.15, -0.1) is 17.0 Å². The fourth-order valence-electron chi connectivity index (χ4n) is 0.876. The lowest BCUT2D eigenvalue weighted by molar-refractivity contribution is -0.138. The van der Waals surface area contributed by atoms with E-state index in [1.807, 2.05) is 0 Å². The predicted molar refractivity (Wildman–Crippen MR) is 54.7 cm³/mol. The lowest BCUT2D eigenvalue weighted by atomic mass is 10.1. The van der Waals surface area contributed by atoms with Crippen molar-refractivity contribution in [3.63, 3.8) is 0 Å². The van der Waals surface area contributed by atoms with Gasteiger partial charge in [0, 0.05) is 0 Å². The van der Waals surface area contributed by atoms with Gasteiger partial charge in [0.05, 0.1) is 0 Å². The number of hydrogen-bond donors (Lipinski definition) is 4. The fourth-order valence-corrected chi connectivity index (χ4v) is 0.876. The van der Waals surface area contributed by atoms with Crippen LogP contribution in [0.25, 0.3) is 0 Å². The topological polar surface area (TPSA) is 104 Å². The second-order valence-electron chi connectivity index (χ2n) is 2.56. The van der Waals surface area contributed by atoms with Gasteiger partial charge in [0.25, 0.3) is 0 Å². The largest absolute Gasteiger partial charge is 0.504 e. The molecule has 0 heterocycles. The molecule has 0 fully saturated rings. The van der Waals surface area contributed by atoms with Gasteiger partial charge in [-0.25, -0.2) is 0 Å². The predicted octanol–water partition coefficient (Wildman–Crippen LogP) is 0.760. The van der Waals surface area contributed by atoms with Crippen LogP contribution in [0.4, 0.5) is 0 Å². The number of phenols is 2. The highest BCUT2D eigenvalue weighted by Crippen LogP contribution is 2.26. The Morgan fingerprint density at radius 3 is 2.29 bits per heavy atom. The van der Waals surface area contributed by atoms with Crippen molar-refractivity contribution < 1.29 is 20.1 Å². The Kier molecular flexibility index (Phi) is 4.39. The van der Waals surface area contributed by atoms with Crippen LogP contribution in [0.15, 0.2) is 18.2 Å². The SMILES string of the molecule is Br.NC(C(=O)O)c1ccc(O)c(O)c1. The minimum absolute atomic E-state index is 0. The third-order valence-electron chi connectivity index (χ3n) is 1.62. The maximum atomic E-state index is 10.4. The van der Waals surface area contributed by atoms with Crippen molar-refractivity contribution in [2.75, 3.05) is 0 Å². The van der Waals surface area contributed by atoms with Gasteiger partial charge in [-0.2, -0.15) is 0 Å². The van der Waals surface area contributed by atoms with E-state index in [1.165, 1.54) is 12.1 Å². The number of aliphatic carboxylic acids is 1. The van der Waals surface area contributed by atoms with E-state index in [1.54, 1.807) is 0 Å². The number of nitrogens with two attached hydrogens (primary N) is 1. The Balaban J connectivity index is 0.00000169. The van der Waals surface area contributed by atoms with Crippen molar-refractivity contribution in [1.82, 2.24) is 0 Å². The first-order chi connectivity index (χ1) is 6.02. The van der Waals surface area contributed by atoms with Gasteiger partial charge in [-0.1, -0.05) is 6.07 Å². The van der Waals surface area contributed by atoms with Crippen LogP contribution in [0.1, 0.15) is 11.6 Å². The number of carboxylic acids is 1. The average molecular weight is 264 g/mol. The van der Waals surface area contributed by atoms with Crippen LogP contribution in [0.5, 0.6) is 11.5 Å². The monoisotopic (exact) mass is 263 g/mol.